The molecule has 1 atom stereocenters. The van der Waals surface area contributed by atoms with E-state index in [4.69, 9.17) is 4.74 Å². The number of carbonyl (C=O) groups excluding carboxylic acids is 2. The van der Waals surface area contributed by atoms with Crippen LogP contribution in [0.3, 0.4) is 0 Å². The highest BCUT2D eigenvalue weighted by atomic mass is 127. The van der Waals surface area contributed by atoms with Crippen molar-refractivity contribution in [3.05, 3.63) is 59.2 Å². The third-order valence-electron chi connectivity index (χ3n) is 8.83. The molecule has 6 nitrogen and oxygen atoms in total. The Morgan fingerprint density at radius 3 is 2.26 bits per heavy atom. The summed E-state index contributed by atoms with van der Waals surface area (Å²) in [4.78, 5) is 26.1. The van der Waals surface area contributed by atoms with Crippen LogP contribution in [0.1, 0.15) is 85.2 Å². The summed E-state index contributed by atoms with van der Waals surface area (Å²) in [6, 6.07) is 13.3. The number of piperidine rings is 1. The van der Waals surface area contributed by atoms with Crippen molar-refractivity contribution in [1.29, 1.82) is 0 Å². The van der Waals surface area contributed by atoms with Gasteiger partial charge >= 0.3 is 0 Å². The minimum absolute atomic E-state index is 0. The van der Waals surface area contributed by atoms with Crippen LogP contribution < -0.4 is 39.3 Å². The van der Waals surface area contributed by atoms with Gasteiger partial charge in [-0.15, -0.1) is 0 Å². The zero-order chi connectivity index (χ0) is 25.8. The zero-order valence-corrected chi connectivity index (χ0v) is 25.0. The first kappa shape index (κ1) is 28.9. The van der Waals surface area contributed by atoms with E-state index < -0.39 is 5.92 Å². The van der Waals surface area contributed by atoms with Gasteiger partial charge in [-0.1, -0.05) is 50.3 Å². The van der Waals surface area contributed by atoms with Crippen molar-refractivity contribution in [2.75, 3.05) is 33.7 Å². The number of benzene rings is 2. The quantitative estimate of drug-likeness (QED) is 0.394. The van der Waals surface area contributed by atoms with Gasteiger partial charge in [-0.2, -0.15) is 0 Å². The van der Waals surface area contributed by atoms with E-state index in [0.29, 0.717) is 17.1 Å². The summed E-state index contributed by atoms with van der Waals surface area (Å²) in [7, 11) is 4.03. The first-order valence-electron chi connectivity index (χ1n) is 14.2. The van der Waals surface area contributed by atoms with E-state index >= 15 is 0 Å². The number of likely N-dealkylation sites (tertiary alicyclic amines) is 1. The number of nitrogens with one attached hydrogen (secondary N) is 2. The van der Waals surface area contributed by atoms with Gasteiger partial charge in [0.25, 0.3) is 5.91 Å². The van der Waals surface area contributed by atoms with Crippen LogP contribution in [-0.4, -0.2) is 56.1 Å². The summed E-state index contributed by atoms with van der Waals surface area (Å²) in [6.45, 7) is 3.51. The van der Waals surface area contributed by atoms with Crippen LogP contribution in [0.25, 0.3) is 0 Å². The summed E-state index contributed by atoms with van der Waals surface area (Å²) in [5.41, 5.74) is 2.13. The predicted octanol–water partition coefficient (Wildman–Crippen LogP) is 2.37. The van der Waals surface area contributed by atoms with E-state index in [1.807, 2.05) is 24.3 Å². The SMILES string of the molecule is CNC(=O)c1ccc2c(c1)C(C(=O)NC1CC[N+](C)(CC3CCCCCCC3)CC1)c1ccccc1O2.[I-]. The number of quaternary nitrogens is 1. The summed E-state index contributed by atoms with van der Waals surface area (Å²) >= 11 is 0. The number of nitrogens with zero attached hydrogens (tertiary/aromatic N) is 1. The van der Waals surface area contributed by atoms with Crippen molar-refractivity contribution in [3.8, 4) is 11.5 Å². The summed E-state index contributed by atoms with van der Waals surface area (Å²) < 4.78 is 7.25. The van der Waals surface area contributed by atoms with E-state index in [2.05, 4.69) is 17.7 Å². The van der Waals surface area contributed by atoms with Gasteiger partial charge in [0.15, 0.2) is 0 Å². The monoisotopic (exact) mass is 631 g/mol. The Bertz CT molecular complexity index is 1120. The maximum absolute atomic E-state index is 13.8. The minimum atomic E-state index is -0.498. The maximum Gasteiger partial charge on any atom is 0.251 e. The third kappa shape index (κ3) is 6.53. The minimum Gasteiger partial charge on any atom is -1.00 e. The summed E-state index contributed by atoms with van der Waals surface area (Å²) in [5.74, 6) is 1.51. The Labute approximate surface area is 244 Å². The fourth-order valence-electron chi connectivity index (χ4n) is 6.68. The second-order valence-corrected chi connectivity index (χ2v) is 11.6. The van der Waals surface area contributed by atoms with Crippen molar-refractivity contribution >= 4 is 11.8 Å². The second-order valence-electron chi connectivity index (χ2n) is 11.6. The molecular weight excluding hydrogens is 589 g/mol. The smallest absolute Gasteiger partial charge is 0.251 e. The Kier molecular flexibility index (Phi) is 9.74. The highest BCUT2D eigenvalue weighted by Crippen LogP contribution is 2.44. The lowest BCUT2D eigenvalue weighted by atomic mass is 9.85. The van der Waals surface area contributed by atoms with Crippen LogP contribution in [0, 0.1) is 5.92 Å². The molecule has 7 heteroatoms. The van der Waals surface area contributed by atoms with Crippen LogP contribution in [-0.2, 0) is 4.79 Å². The van der Waals surface area contributed by atoms with Crippen molar-refractivity contribution in [2.24, 2.45) is 5.92 Å². The number of ether oxygens (including phenoxy) is 1. The van der Waals surface area contributed by atoms with Gasteiger partial charge in [-0.25, -0.2) is 0 Å². The van der Waals surface area contributed by atoms with Gasteiger partial charge in [-0.3, -0.25) is 9.59 Å². The lowest BCUT2D eigenvalue weighted by molar-refractivity contribution is -0.917. The van der Waals surface area contributed by atoms with Crippen molar-refractivity contribution in [2.45, 2.75) is 69.7 Å². The Morgan fingerprint density at radius 1 is 0.895 bits per heavy atom. The van der Waals surface area contributed by atoms with E-state index in [1.54, 1.807) is 25.2 Å². The molecule has 0 bridgehead atoms. The van der Waals surface area contributed by atoms with Crippen molar-refractivity contribution < 1.29 is 42.8 Å². The molecule has 5 rings (SSSR count). The number of halogens is 1. The van der Waals surface area contributed by atoms with Gasteiger partial charge < -0.3 is 43.8 Å². The van der Waals surface area contributed by atoms with Gasteiger partial charge in [0.1, 0.15) is 11.5 Å². The molecule has 2 N–H and O–H groups in total. The molecule has 1 aliphatic carbocycles. The number of rotatable bonds is 5. The number of hydrogen-bond donors (Lipinski definition) is 2. The summed E-state index contributed by atoms with van der Waals surface area (Å²) in [6.07, 6.45) is 11.8. The van der Waals surface area contributed by atoms with Gasteiger partial charge in [0, 0.05) is 48.5 Å². The number of amides is 2. The largest absolute Gasteiger partial charge is 1.00 e. The Balaban J connectivity index is 0.00000336. The number of hydrogen-bond acceptors (Lipinski definition) is 3. The second kappa shape index (κ2) is 12.8. The standard InChI is InChI=1S/C31H41N3O3.HI/c1-32-30(35)23-14-15-28-26(20-23)29(25-12-8-9-13-27(25)37-28)31(36)33-24-16-18-34(2,19-17-24)21-22-10-6-4-3-5-7-11-22;/h8-9,12-15,20,22,24,29H,3-7,10-11,16-19,21H2,1-2H3,(H-,32,33,35,36);1H. The first-order valence-corrected chi connectivity index (χ1v) is 14.2. The maximum atomic E-state index is 13.8. The van der Waals surface area contributed by atoms with Crippen LogP contribution >= 0.6 is 0 Å². The average Bonchev–Trinajstić information content (AvgIpc) is 2.89. The molecule has 38 heavy (non-hydrogen) atoms. The average molecular weight is 632 g/mol. The molecule has 2 aliphatic heterocycles. The lowest BCUT2D eigenvalue weighted by Gasteiger charge is -2.43. The molecule has 2 amide bonds. The van der Waals surface area contributed by atoms with E-state index in [-0.39, 0.29) is 41.8 Å². The molecule has 2 aromatic rings. The van der Waals surface area contributed by atoms with Crippen molar-refractivity contribution in [1.82, 2.24) is 10.6 Å². The predicted molar refractivity (Wildman–Crippen MR) is 146 cm³/mol. The molecule has 2 fully saturated rings. The van der Waals surface area contributed by atoms with E-state index in [1.165, 1.54) is 51.5 Å². The van der Waals surface area contributed by atoms with Crippen LogP contribution in [0.4, 0.5) is 0 Å². The number of para-hydroxylation sites is 1. The lowest BCUT2D eigenvalue weighted by Crippen LogP contribution is -3.00. The fourth-order valence-corrected chi connectivity index (χ4v) is 6.68. The van der Waals surface area contributed by atoms with Gasteiger partial charge in [0.2, 0.25) is 5.91 Å². The van der Waals surface area contributed by atoms with Crippen LogP contribution in [0.15, 0.2) is 42.5 Å². The van der Waals surface area contributed by atoms with Crippen LogP contribution in [0.5, 0.6) is 11.5 Å². The number of carbonyl (C=O) groups is 2. The van der Waals surface area contributed by atoms with Crippen LogP contribution in [0.2, 0.25) is 0 Å². The highest BCUT2D eigenvalue weighted by Gasteiger charge is 2.37. The van der Waals surface area contributed by atoms with E-state index in [0.717, 1.165) is 47.5 Å². The topological polar surface area (TPSA) is 67.4 Å². The van der Waals surface area contributed by atoms with E-state index in [9.17, 15) is 9.59 Å². The van der Waals surface area contributed by atoms with Gasteiger partial charge in [-0.05, 0) is 37.1 Å². The molecule has 3 aliphatic rings. The summed E-state index contributed by atoms with van der Waals surface area (Å²) in [5, 5.41) is 6.07. The molecular formula is C31H42IN3O3. The highest BCUT2D eigenvalue weighted by molar-refractivity contribution is 5.96. The zero-order valence-electron chi connectivity index (χ0n) is 22.8. The molecule has 206 valence electrons. The molecule has 1 saturated carbocycles. The normalized spacial score (nSPS) is 25.3. The molecule has 2 aromatic carbocycles. The first-order chi connectivity index (χ1) is 18.0. The molecule has 0 spiro atoms. The Hall–Kier alpha value is -2.13. The third-order valence-corrected chi connectivity index (χ3v) is 8.83. The molecule has 1 unspecified atom stereocenters. The molecule has 0 aromatic heterocycles. The van der Waals surface area contributed by atoms with Crippen molar-refractivity contribution in [3.63, 3.8) is 0 Å². The fraction of sp³-hybridized carbons (Fsp3) is 0.548. The Morgan fingerprint density at radius 2 is 1.55 bits per heavy atom. The number of fused-ring (bicyclic) bond motifs is 2. The molecule has 1 saturated heterocycles. The van der Waals surface area contributed by atoms with Gasteiger partial charge in [0.05, 0.1) is 32.6 Å². The molecule has 0 radical (unpaired) electrons. The molecule has 2 heterocycles.